The quantitative estimate of drug-likeness (QED) is 0.229. The van der Waals surface area contributed by atoms with E-state index in [1.165, 1.54) is 17.2 Å². The largest absolute Gasteiger partial charge is 0.358 e. The van der Waals surface area contributed by atoms with Gasteiger partial charge in [-0.1, -0.05) is 30.9 Å². The van der Waals surface area contributed by atoms with Crippen LogP contribution in [0.2, 0.25) is 0 Å². The highest BCUT2D eigenvalue weighted by Gasteiger charge is 2.34. The van der Waals surface area contributed by atoms with E-state index in [-0.39, 0.29) is 11.8 Å². The number of hydrogen-bond donors (Lipinski definition) is 1. The Bertz CT molecular complexity index is 1280. The van der Waals surface area contributed by atoms with Crippen LogP contribution in [0.25, 0.3) is 0 Å². The van der Waals surface area contributed by atoms with Crippen LogP contribution < -0.4 is 10.2 Å². The number of pyridine rings is 1. The zero-order chi connectivity index (χ0) is 24.8. The van der Waals surface area contributed by atoms with Crippen LogP contribution >= 0.6 is 0 Å². The van der Waals surface area contributed by atoms with Crippen molar-refractivity contribution in [3.63, 3.8) is 0 Å². The van der Waals surface area contributed by atoms with E-state index in [1.807, 2.05) is 11.9 Å². The van der Waals surface area contributed by atoms with Crippen LogP contribution in [-0.4, -0.2) is 51.8 Å². The molecule has 3 heterocycles. The molecule has 1 aliphatic rings. The zero-order valence-corrected chi connectivity index (χ0v) is 19.6. The molecule has 1 aliphatic heterocycles. The Morgan fingerprint density at radius 2 is 1.86 bits per heavy atom. The highest BCUT2D eigenvalue weighted by Crippen LogP contribution is 2.23. The Morgan fingerprint density at radius 1 is 1.11 bits per heavy atom. The molecule has 0 atom stereocenters. The third-order valence-corrected chi connectivity index (χ3v) is 5.46. The first kappa shape index (κ1) is 23.8. The van der Waals surface area contributed by atoms with Crippen molar-refractivity contribution >= 4 is 29.3 Å². The molecule has 9 heteroatoms. The average molecular weight is 473 g/mol. The smallest absolute Gasteiger partial charge is 0.261 e. The molecule has 1 N–H and O–H groups in total. The first-order valence-electron chi connectivity index (χ1n) is 11.4. The standard InChI is InChI=1S/C26H25FN6O2/c1-3-14-32(2)23-18(17-29-26(31-23)30-19-12-13-28-22(27)16-19)9-5-4-8-15-33-24(34)20-10-6-7-11-21(20)25(33)35/h6-7,10-13,16-17H,3-4,8,14-15H2,1-2H3,(H,28,29,30,31). The highest BCUT2D eigenvalue weighted by atomic mass is 19.1. The fourth-order valence-corrected chi connectivity index (χ4v) is 3.79. The molecule has 1 aromatic carbocycles. The maximum Gasteiger partial charge on any atom is 0.261 e. The van der Waals surface area contributed by atoms with Gasteiger partial charge in [0.2, 0.25) is 11.9 Å². The van der Waals surface area contributed by atoms with E-state index in [0.717, 1.165) is 13.0 Å². The minimum absolute atomic E-state index is 0.257. The predicted molar refractivity (Wildman–Crippen MR) is 131 cm³/mol. The first-order chi connectivity index (χ1) is 17.0. The molecule has 0 fully saturated rings. The number of fused-ring (bicyclic) bond motifs is 1. The second-order valence-electron chi connectivity index (χ2n) is 8.06. The number of benzene rings is 1. The number of imide groups is 1. The van der Waals surface area contributed by atoms with Gasteiger partial charge in [-0.15, -0.1) is 0 Å². The van der Waals surface area contributed by atoms with Crippen molar-refractivity contribution in [3.05, 3.63) is 71.4 Å². The molecule has 35 heavy (non-hydrogen) atoms. The average Bonchev–Trinajstić information content (AvgIpc) is 3.09. The molecule has 0 bridgehead atoms. The van der Waals surface area contributed by atoms with Crippen LogP contribution in [0, 0.1) is 17.8 Å². The van der Waals surface area contributed by atoms with Gasteiger partial charge in [-0.25, -0.2) is 9.97 Å². The Balaban J connectivity index is 1.43. The Labute approximate surface area is 203 Å². The van der Waals surface area contributed by atoms with Crippen LogP contribution in [0.4, 0.5) is 21.8 Å². The van der Waals surface area contributed by atoms with Crippen molar-refractivity contribution in [2.75, 3.05) is 30.4 Å². The van der Waals surface area contributed by atoms with Crippen molar-refractivity contribution in [2.45, 2.75) is 26.2 Å². The summed E-state index contributed by atoms with van der Waals surface area (Å²) in [5, 5.41) is 2.99. The number of rotatable bonds is 8. The first-order valence-corrected chi connectivity index (χ1v) is 11.4. The van der Waals surface area contributed by atoms with Crippen LogP contribution in [0.5, 0.6) is 0 Å². The normalized spacial score (nSPS) is 12.3. The van der Waals surface area contributed by atoms with Crippen molar-refractivity contribution in [2.24, 2.45) is 0 Å². The lowest BCUT2D eigenvalue weighted by Crippen LogP contribution is -2.30. The van der Waals surface area contributed by atoms with Gasteiger partial charge in [-0.05, 0) is 31.0 Å². The summed E-state index contributed by atoms with van der Waals surface area (Å²) in [6.07, 6.45) is 4.98. The maximum atomic E-state index is 13.4. The van der Waals surface area contributed by atoms with Gasteiger partial charge < -0.3 is 10.2 Å². The van der Waals surface area contributed by atoms with E-state index in [1.54, 1.807) is 36.5 Å². The third-order valence-electron chi connectivity index (χ3n) is 5.46. The highest BCUT2D eigenvalue weighted by molar-refractivity contribution is 6.21. The maximum absolute atomic E-state index is 13.4. The monoisotopic (exact) mass is 472 g/mol. The molecule has 0 saturated heterocycles. The number of hydrogen-bond acceptors (Lipinski definition) is 7. The number of unbranched alkanes of at least 4 members (excludes halogenated alkanes) is 1. The van der Waals surface area contributed by atoms with E-state index in [2.05, 4.69) is 39.0 Å². The topological polar surface area (TPSA) is 91.3 Å². The van der Waals surface area contributed by atoms with E-state index < -0.39 is 5.95 Å². The van der Waals surface area contributed by atoms with Crippen molar-refractivity contribution in [3.8, 4) is 11.8 Å². The molecule has 3 aromatic rings. The molecule has 2 aromatic heterocycles. The van der Waals surface area contributed by atoms with Gasteiger partial charge in [0.1, 0.15) is 5.82 Å². The van der Waals surface area contributed by atoms with Gasteiger partial charge in [0, 0.05) is 44.5 Å². The Morgan fingerprint density at radius 3 is 2.54 bits per heavy atom. The predicted octanol–water partition coefficient (Wildman–Crippen LogP) is 4.03. The third kappa shape index (κ3) is 5.44. The number of halogens is 1. The second-order valence-corrected chi connectivity index (χ2v) is 8.06. The number of carbonyl (C=O) groups is 2. The molecule has 0 aliphatic carbocycles. The molecule has 4 rings (SSSR count). The van der Waals surface area contributed by atoms with Crippen LogP contribution in [0.15, 0.2) is 48.8 Å². The summed E-state index contributed by atoms with van der Waals surface area (Å²) in [4.78, 5) is 40.7. The van der Waals surface area contributed by atoms with Gasteiger partial charge in [0.25, 0.3) is 11.8 Å². The lowest BCUT2D eigenvalue weighted by molar-refractivity contribution is 0.0653. The van der Waals surface area contributed by atoms with E-state index in [4.69, 9.17) is 0 Å². The fraction of sp³-hybridized carbons (Fsp3) is 0.269. The second kappa shape index (κ2) is 10.7. The lowest BCUT2D eigenvalue weighted by Gasteiger charge is -2.19. The van der Waals surface area contributed by atoms with Crippen molar-refractivity contribution in [1.82, 2.24) is 19.9 Å². The molecule has 0 saturated carbocycles. The number of carbonyl (C=O) groups excluding carboxylic acids is 2. The molecular weight excluding hydrogens is 447 g/mol. The SMILES string of the molecule is CCCN(C)c1nc(Nc2ccnc(F)c2)ncc1C#CCCCN1C(=O)c2ccccc2C1=O. The van der Waals surface area contributed by atoms with Crippen molar-refractivity contribution in [1.29, 1.82) is 0 Å². The minimum Gasteiger partial charge on any atom is -0.358 e. The van der Waals surface area contributed by atoms with Crippen LogP contribution in [-0.2, 0) is 0 Å². The van der Waals surface area contributed by atoms with E-state index in [0.29, 0.717) is 53.5 Å². The molecule has 178 valence electrons. The summed E-state index contributed by atoms with van der Waals surface area (Å²) >= 11 is 0. The van der Waals surface area contributed by atoms with Gasteiger partial charge in [0.15, 0.2) is 0 Å². The molecule has 2 amide bonds. The molecular formula is C26H25FN6O2. The van der Waals surface area contributed by atoms with Gasteiger partial charge in [0.05, 0.1) is 22.9 Å². The van der Waals surface area contributed by atoms with Crippen LogP contribution in [0.3, 0.4) is 0 Å². The zero-order valence-electron chi connectivity index (χ0n) is 19.6. The summed E-state index contributed by atoms with van der Waals surface area (Å²) < 4.78 is 13.4. The fourth-order valence-electron chi connectivity index (χ4n) is 3.79. The summed E-state index contributed by atoms with van der Waals surface area (Å²) in [6.45, 7) is 3.15. The Hall–Kier alpha value is -4.32. The molecule has 0 radical (unpaired) electrons. The molecule has 0 spiro atoms. The summed E-state index contributed by atoms with van der Waals surface area (Å²) in [5.41, 5.74) is 2.06. The van der Waals surface area contributed by atoms with E-state index in [9.17, 15) is 14.0 Å². The lowest BCUT2D eigenvalue weighted by atomic mass is 10.1. The summed E-state index contributed by atoms with van der Waals surface area (Å²) in [5.74, 6) is 6.09. The Kier molecular flexibility index (Phi) is 7.31. The number of aromatic nitrogens is 3. The molecule has 8 nitrogen and oxygen atoms in total. The number of nitrogens with one attached hydrogen (secondary N) is 1. The van der Waals surface area contributed by atoms with Crippen LogP contribution in [0.1, 0.15) is 52.5 Å². The van der Waals surface area contributed by atoms with Gasteiger partial charge in [-0.3, -0.25) is 14.5 Å². The molecule has 0 unspecified atom stereocenters. The summed E-state index contributed by atoms with van der Waals surface area (Å²) in [6, 6.07) is 9.75. The van der Waals surface area contributed by atoms with Gasteiger partial charge in [-0.2, -0.15) is 9.37 Å². The summed E-state index contributed by atoms with van der Waals surface area (Å²) in [7, 11) is 1.93. The number of amides is 2. The number of anilines is 3. The van der Waals surface area contributed by atoms with E-state index >= 15 is 0 Å². The minimum atomic E-state index is -0.595. The number of nitrogens with zero attached hydrogens (tertiary/aromatic N) is 5. The van der Waals surface area contributed by atoms with Gasteiger partial charge >= 0.3 is 0 Å². The van der Waals surface area contributed by atoms with Crippen molar-refractivity contribution < 1.29 is 14.0 Å².